The van der Waals surface area contributed by atoms with Gasteiger partial charge in [-0.05, 0) is 6.42 Å². The van der Waals surface area contributed by atoms with Crippen molar-refractivity contribution in [2.45, 2.75) is 116 Å². The van der Waals surface area contributed by atoms with Crippen molar-refractivity contribution >= 4 is 0 Å². The van der Waals surface area contributed by atoms with E-state index in [0.717, 1.165) is 12.8 Å². The maximum Gasteiger partial charge on any atom is 0.0718 e. The van der Waals surface area contributed by atoms with Crippen molar-refractivity contribution in [2.75, 3.05) is 0 Å². The van der Waals surface area contributed by atoms with Crippen LogP contribution in [0.4, 0.5) is 0 Å². The molecule has 0 aliphatic heterocycles. The van der Waals surface area contributed by atoms with E-state index in [9.17, 15) is 5.11 Å². The van der Waals surface area contributed by atoms with E-state index >= 15 is 0 Å². The summed E-state index contributed by atoms with van der Waals surface area (Å²) in [6, 6.07) is 0. The Balaban J connectivity index is 2.98. The number of hydrogen-bond donors (Lipinski definition) is 1. The quantitative estimate of drug-likeness (QED) is 0.231. The summed E-state index contributed by atoms with van der Waals surface area (Å²) in [7, 11) is 0. The van der Waals surface area contributed by atoms with Crippen molar-refractivity contribution in [3.8, 4) is 0 Å². The van der Waals surface area contributed by atoms with Gasteiger partial charge in [0, 0.05) is 0 Å². The molecule has 0 rings (SSSR count). The topological polar surface area (TPSA) is 20.2 Å². The fourth-order valence-electron chi connectivity index (χ4n) is 2.84. The van der Waals surface area contributed by atoms with Crippen molar-refractivity contribution in [1.82, 2.24) is 0 Å². The van der Waals surface area contributed by atoms with Crippen LogP contribution >= 0.6 is 0 Å². The van der Waals surface area contributed by atoms with Gasteiger partial charge in [0.05, 0.1) is 6.10 Å². The molecular formula is C20H40O. The van der Waals surface area contributed by atoms with Gasteiger partial charge >= 0.3 is 0 Å². The first-order chi connectivity index (χ1) is 10.3. The Morgan fingerprint density at radius 1 is 0.667 bits per heavy atom. The predicted octanol–water partition coefficient (Wildman–Crippen LogP) is 6.79. The molecule has 0 bridgehead atoms. The first-order valence-corrected chi connectivity index (χ1v) is 9.62. The second-order valence-corrected chi connectivity index (χ2v) is 6.54. The molecule has 0 spiro atoms. The number of aliphatic hydroxyl groups excluding tert-OH is 1. The largest absolute Gasteiger partial charge is 0.389 e. The summed E-state index contributed by atoms with van der Waals surface area (Å²) in [6.07, 6.45) is 23.1. The summed E-state index contributed by atoms with van der Waals surface area (Å²) in [5.74, 6) is 0. The van der Waals surface area contributed by atoms with Crippen molar-refractivity contribution in [1.29, 1.82) is 0 Å². The summed E-state index contributed by atoms with van der Waals surface area (Å²) in [5.41, 5.74) is 0. The van der Waals surface area contributed by atoms with Crippen LogP contribution in [0.3, 0.4) is 0 Å². The van der Waals surface area contributed by atoms with E-state index in [2.05, 4.69) is 13.5 Å². The van der Waals surface area contributed by atoms with Gasteiger partial charge in [-0.2, -0.15) is 0 Å². The van der Waals surface area contributed by atoms with Crippen molar-refractivity contribution in [3.05, 3.63) is 12.7 Å². The van der Waals surface area contributed by atoms with E-state index < -0.39 is 0 Å². The van der Waals surface area contributed by atoms with E-state index in [1.807, 2.05) is 0 Å². The normalized spacial score (nSPS) is 12.5. The minimum atomic E-state index is -0.285. The molecule has 126 valence electrons. The Bertz CT molecular complexity index is 200. The van der Waals surface area contributed by atoms with Gasteiger partial charge in [-0.25, -0.2) is 0 Å². The third-order valence-electron chi connectivity index (χ3n) is 4.38. The average Bonchev–Trinajstić information content (AvgIpc) is 2.50. The van der Waals surface area contributed by atoms with Crippen molar-refractivity contribution in [2.24, 2.45) is 0 Å². The molecule has 1 atom stereocenters. The highest BCUT2D eigenvalue weighted by molar-refractivity contribution is 4.77. The van der Waals surface area contributed by atoms with Crippen molar-refractivity contribution in [3.63, 3.8) is 0 Å². The lowest BCUT2D eigenvalue weighted by Gasteiger charge is -2.05. The van der Waals surface area contributed by atoms with Gasteiger partial charge < -0.3 is 5.11 Å². The SMILES string of the molecule is C=CC(O)CCCCCCCCCCCCCCCCC. The molecule has 0 aliphatic rings. The van der Waals surface area contributed by atoms with Gasteiger partial charge in [0.15, 0.2) is 0 Å². The minimum Gasteiger partial charge on any atom is -0.389 e. The van der Waals surface area contributed by atoms with Crippen LogP contribution in [0.5, 0.6) is 0 Å². The minimum absolute atomic E-state index is 0.285. The fourth-order valence-corrected chi connectivity index (χ4v) is 2.84. The number of hydrogen-bond acceptors (Lipinski definition) is 1. The number of aliphatic hydroxyl groups is 1. The van der Waals surface area contributed by atoms with Gasteiger partial charge in [-0.1, -0.05) is 109 Å². The molecule has 0 saturated carbocycles. The molecule has 0 heterocycles. The maximum absolute atomic E-state index is 9.34. The molecular weight excluding hydrogens is 256 g/mol. The van der Waals surface area contributed by atoms with Crippen LogP contribution in [0.25, 0.3) is 0 Å². The Labute approximate surface area is 134 Å². The molecule has 0 saturated heterocycles. The lowest BCUT2D eigenvalue weighted by Crippen LogP contribution is -2.00. The predicted molar refractivity (Wildman–Crippen MR) is 95.7 cm³/mol. The molecule has 0 aromatic heterocycles. The monoisotopic (exact) mass is 296 g/mol. The standard InChI is InChI=1S/C20H40O/c1-3-5-6-7-8-9-10-11-12-13-14-15-16-17-18-19-20(21)4-2/h4,20-21H,2-3,5-19H2,1H3. The molecule has 1 nitrogen and oxygen atoms in total. The molecule has 0 amide bonds. The average molecular weight is 297 g/mol. The third kappa shape index (κ3) is 17.6. The second kappa shape index (κ2) is 17.8. The van der Waals surface area contributed by atoms with Gasteiger partial charge in [-0.3, -0.25) is 0 Å². The smallest absolute Gasteiger partial charge is 0.0718 e. The Kier molecular flexibility index (Phi) is 17.5. The van der Waals surface area contributed by atoms with E-state index in [0.29, 0.717) is 0 Å². The Morgan fingerprint density at radius 2 is 1.00 bits per heavy atom. The maximum atomic E-state index is 9.34. The zero-order valence-corrected chi connectivity index (χ0v) is 14.6. The molecule has 0 aliphatic carbocycles. The van der Waals surface area contributed by atoms with Gasteiger partial charge in [-0.15, -0.1) is 6.58 Å². The molecule has 21 heavy (non-hydrogen) atoms. The zero-order chi connectivity index (χ0) is 15.6. The first-order valence-electron chi connectivity index (χ1n) is 9.62. The first kappa shape index (κ1) is 20.7. The second-order valence-electron chi connectivity index (χ2n) is 6.54. The number of rotatable bonds is 17. The summed E-state index contributed by atoms with van der Waals surface area (Å²) in [4.78, 5) is 0. The lowest BCUT2D eigenvalue weighted by atomic mass is 10.0. The molecule has 0 aromatic carbocycles. The summed E-state index contributed by atoms with van der Waals surface area (Å²) >= 11 is 0. The van der Waals surface area contributed by atoms with Crippen LogP contribution in [-0.2, 0) is 0 Å². The molecule has 1 N–H and O–H groups in total. The zero-order valence-electron chi connectivity index (χ0n) is 14.6. The van der Waals surface area contributed by atoms with E-state index in [-0.39, 0.29) is 6.10 Å². The van der Waals surface area contributed by atoms with Crippen LogP contribution < -0.4 is 0 Å². The Morgan fingerprint density at radius 3 is 1.33 bits per heavy atom. The molecule has 0 aromatic rings. The Hall–Kier alpha value is -0.300. The summed E-state index contributed by atoms with van der Waals surface area (Å²) in [6.45, 7) is 5.88. The molecule has 1 heteroatoms. The fraction of sp³-hybridized carbons (Fsp3) is 0.900. The van der Waals surface area contributed by atoms with Gasteiger partial charge in [0.1, 0.15) is 0 Å². The summed E-state index contributed by atoms with van der Waals surface area (Å²) in [5, 5.41) is 9.34. The highest BCUT2D eigenvalue weighted by Crippen LogP contribution is 2.14. The van der Waals surface area contributed by atoms with E-state index in [1.165, 1.54) is 89.9 Å². The molecule has 1 unspecified atom stereocenters. The van der Waals surface area contributed by atoms with Crippen LogP contribution in [-0.4, -0.2) is 11.2 Å². The summed E-state index contributed by atoms with van der Waals surface area (Å²) < 4.78 is 0. The van der Waals surface area contributed by atoms with Crippen LogP contribution in [0, 0.1) is 0 Å². The van der Waals surface area contributed by atoms with Crippen molar-refractivity contribution < 1.29 is 5.11 Å². The van der Waals surface area contributed by atoms with E-state index in [1.54, 1.807) is 6.08 Å². The van der Waals surface area contributed by atoms with Gasteiger partial charge in [0.25, 0.3) is 0 Å². The van der Waals surface area contributed by atoms with E-state index in [4.69, 9.17) is 0 Å². The lowest BCUT2D eigenvalue weighted by molar-refractivity contribution is 0.208. The third-order valence-corrected chi connectivity index (χ3v) is 4.38. The molecule has 0 radical (unpaired) electrons. The van der Waals surface area contributed by atoms with Crippen LogP contribution in [0.1, 0.15) is 110 Å². The highest BCUT2D eigenvalue weighted by atomic mass is 16.3. The van der Waals surface area contributed by atoms with Gasteiger partial charge in [0.2, 0.25) is 0 Å². The molecule has 0 fully saturated rings. The van der Waals surface area contributed by atoms with Crippen LogP contribution in [0.2, 0.25) is 0 Å². The highest BCUT2D eigenvalue weighted by Gasteiger charge is 1.97. The van der Waals surface area contributed by atoms with Crippen LogP contribution in [0.15, 0.2) is 12.7 Å². The number of unbranched alkanes of at least 4 members (excludes halogenated alkanes) is 14.